The van der Waals surface area contributed by atoms with Crippen molar-refractivity contribution in [3.05, 3.63) is 47.2 Å². The molecule has 0 atom stereocenters. The molecule has 1 saturated heterocycles. The Kier molecular flexibility index (Phi) is 5.29. The first-order valence-electron chi connectivity index (χ1n) is 8.38. The quantitative estimate of drug-likeness (QED) is 0.655. The molecule has 2 amide bonds. The Balaban J connectivity index is 1.58. The average Bonchev–Trinajstić information content (AvgIpc) is 3.07. The van der Waals surface area contributed by atoms with Crippen LogP contribution in [-0.4, -0.2) is 40.7 Å². The van der Waals surface area contributed by atoms with Crippen molar-refractivity contribution >= 4 is 23.4 Å². The van der Waals surface area contributed by atoms with Crippen LogP contribution in [0.1, 0.15) is 29.0 Å². The predicted molar refractivity (Wildman–Crippen MR) is 89.9 cm³/mol. The summed E-state index contributed by atoms with van der Waals surface area (Å²) in [5, 5.41) is 5.92. The summed E-state index contributed by atoms with van der Waals surface area (Å²) in [6, 6.07) is 4.21. The number of nitrogens with zero attached hydrogens (tertiary/aromatic N) is 2. The second-order valence-corrected chi connectivity index (χ2v) is 6.33. The van der Waals surface area contributed by atoms with Crippen molar-refractivity contribution in [1.29, 1.82) is 0 Å². The van der Waals surface area contributed by atoms with E-state index < -0.39 is 35.1 Å². The molecule has 0 unspecified atom stereocenters. The fourth-order valence-corrected chi connectivity index (χ4v) is 2.99. The van der Waals surface area contributed by atoms with Gasteiger partial charge in [-0.05, 0) is 38.0 Å². The predicted octanol–water partition coefficient (Wildman–Crippen LogP) is 2.32. The zero-order valence-corrected chi connectivity index (χ0v) is 14.5. The van der Waals surface area contributed by atoms with Crippen molar-refractivity contribution in [3.8, 4) is 0 Å². The van der Waals surface area contributed by atoms with Gasteiger partial charge in [0.1, 0.15) is 17.4 Å². The Hall–Kier alpha value is -3.10. The number of halogens is 2. The number of rotatable bonds is 3. The second-order valence-electron chi connectivity index (χ2n) is 6.33. The molecule has 9 heteroatoms. The highest BCUT2D eigenvalue weighted by atomic mass is 19.1. The summed E-state index contributed by atoms with van der Waals surface area (Å²) in [4.78, 5) is 37.9. The van der Waals surface area contributed by atoms with Gasteiger partial charge in [-0.1, -0.05) is 5.16 Å². The van der Waals surface area contributed by atoms with Crippen LogP contribution in [0, 0.1) is 24.5 Å². The van der Waals surface area contributed by atoms with E-state index in [-0.39, 0.29) is 37.3 Å². The number of carbonyl (C=O) groups excluding carboxylic acids is 3. The number of carbonyl (C=O) groups is 3. The first-order chi connectivity index (χ1) is 12.8. The van der Waals surface area contributed by atoms with Crippen molar-refractivity contribution in [2.45, 2.75) is 19.8 Å². The van der Waals surface area contributed by atoms with Crippen molar-refractivity contribution in [3.63, 3.8) is 0 Å². The van der Waals surface area contributed by atoms with Gasteiger partial charge in [-0.2, -0.15) is 0 Å². The van der Waals surface area contributed by atoms with E-state index >= 15 is 0 Å². The number of Topliss-reactive ketones (excluding diaryl/α,β-unsaturated/α-hetero) is 1. The van der Waals surface area contributed by atoms with Gasteiger partial charge in [-0.3, -0.25) is 19.7 Å². The highest BCUT2D eigenvalue weighted by Gasteiger charge is 2.31. The van der Waals surface area contributed by atoms with Gasteiger partial charge in [-0.25, -0.2) is 8.78 Å². The molecule has 1 aliphatic rings. The van der Waals surface area contributed by atoms with Gasteiger partial charge in [-0.15, -0.1) is 0 Å². The maximum Gasteiger partial charge on any atom is 0.315 e. The minimum Gasteiger partial charge on any atom is -0.360 e. The van der Waals surface area contributed by atoms with E-state index in [0.29, 0.717) is 5.76 Å². The van der Waals surface area contributed by atoms with Crippen LogP contribution in [0.5, 0.6) is 0 Å². The highest BCUT2D eigenvalue weighted by molar-refractivity contribution is 6.39. The molecule has 1 N–H and O–H groups in total. The molecule has 2 heterocycles. The van der Waals surface area contributed by atoms with E-state index in [0.717, 1.165) is 18.2 Å². The van der Waals surface area contributed by atoms with Crippen LogP contribution in [-0.2, 0) is 9.59 Å². The minimum atomic E-state index is -0.857. The second kappa shape index (κ2) is 7.65. The molecular formula is C18H17F2N3O4. The van der Waals surface area contributed by atoms with Crippen LogP contribution in [0.3, 0.4) is 0 Å². The fourth-order valence-electron chi connectivity index (χ4n) is 2.99. The first kappa shape index (κ1) is 18.7. The van der Waals surface area contributed by atoms with Gasteiger partial charge in [0.15, 0.2) is 11.6 Å². The van der Waals surface area contributed by atoms with Crippen LogP contribution in [0.25, 0.3) is 0 Å². The van der Waals surface area contributed by atoms with Crippen molar-refractivity contribution < 1.29 is 27.7 Å². The number of ketones is 1. The summed E-state index contributed by atoms with van der Waals surface area (Å²) >= 11 is 0. The summed E-state index contributed by atoms with van der Waals surface area (Å²) in [5.41, 5.74) is -0.293. The Morgan fingerprint density at radius 2 is 1.89 bits per heavy atom. The monoisotopic (exact) mass is 377 g/mol. The maximum absolute atomic E-state index is 13.8. The molecule has 0 bridgehead atoms. The molecule has 2 aromatic rings. The van der Waals surface area contributed by atoms with Crippen molar-refractivity contribution in [1.82, 2.24) is 10.1 Å². The number of benzene rings is 1. The van der Waals surface area contributed by atoms with Gasteiger partial charge >= 0.3 is 11.8 Å². The van der Waals surface area contributed by atoms with Crippen LogP contribution < -0.4 is 5.32 Å². The zero-order valence-electron chi connectivity index (χ0n) is 14.5. The van der Waals surface area contributed by atoms with Crippen LogP contribution in [0.4, 0.5) is 14.6 Å². The minimum absolute atomic E-state index is 0.137. The lowest BCUT2D eigenvalue weighted by atomic mass is 9.88. The maximum atomic E-state index is 13.8. The lowest BCUT2D eigenvalue weighted by molar-refractivity contribution is -0.144. The van der Waals surface area contributed by atoms with E-state index in [1.54, 1.807) is 6.92 Å². The van der Waals surface area contributed by atoms with Crippen molar-refractivity contribution in [2.24, 2.45) is 5.92 Å². The molecule has 142 valence electrons. The molecule has 1 aromatic carbocycles. The lowest BCUT2D eigenvalue weighted by Crippen LogP contribution is -2.45. The van der Waals surface area contributed by atoms with E-state index in [9.17, 15) is 23.2 Å². The SMILES string of the molecule is Cc1cc(NC(=O)C(=O)N2CCC(C(=O)c3cc(F)ccc3F)CC2)no1. The lowest BCUT2D eigenvalue weighted by Gasteiger charge is -2.30. The van der Waals surface area contributed by atoms with Gasteiger partial charge in [0.05, 0.1) is 5.56 Å². The number of hydrogen-bond donors (Lipinski definition) is 1. The molecule has 3 rings (SSSR count). The number of anilines is 1. The molecule has 0 spiro atoms. The molecule has 0 saturated carbocycles. The number of aryl methyl sites for hydroxylation is 1. The van der Waals surface area contributed by atoms with Crippen LogP contribution >= 0.6 is 0 Å². The first-order valence-corrected chi connectivity index (χ1v) is 8.38. The van der Waals surface area contributed by atoms with E-state index in [2.05, 4.69) is 10.5 Å². The van der Waals surface area contributed by atoms with Gasteiger partial charge in [0.25, 0.3) is 0 Å². The molecule has 27 heavy (non-hydrogen) atoms. The third kappa shape index (κ3) is 4.18. The summed E-state index contributed by atoms with van der Waals surface area (Å²) < 4.78 is 31.9. The Labute approximate surface area is 153 Å². The Bertz CT molecular complexity index is 888. The topological polar surface area (TPSA) is 92.5 Å². The fraction of sp³-hybridized carbons (Fsp3) is 0.333. The molecule has 1 fully saturated rings. The number of nitrogens with one attached hydrogen (secondary N) is 1. The summed E-state index contributed by atoms with van der Waals surface area (Å²) in [5.74, 6) is -3.48. The Morgan fingerprint density at radius 3 is 2.52 bits per heavy atom. The highest BCUT2D eigenvalue weighted by Crippen LogP contribution is 2.24. The summed E-state index contributed by atoms with van der Waals surface area (Å²) in [6.45, 7) is 1.97. The molecular weight excluding hydrogens is 360 g/mol. The van der Waals surface area contributed by atoms with Crippen molar-refractivity contribution in [2.75, 3.05) is 18.4 Å². The standard InChI is InChI=1S/C18H17F2N3O4/c1-10-8-15(22-27-10)21-17(25)18(26)23-6-4-11(5-7-23)16(24)13-9-12(19)2-3-14(13)20/h2-3,8-9,11H,4-7H2,1H3,(H,21,22,25). The normalized spacial score (nSPS) is 14.9. The average molecular weight is 377 g/mol. The number of hydrogen-bond acceptors (Lipinski definition) is 5. The molecule has 7 nitrogen and oxygen atoms in total. The molecule has 1 aliphatic heterocycles. The number of likely N-dealkylation sites (tertiary alicyclic amines) is 1. The largest absolute Gasteiger partial charge is 0.360 e. The molecule has 0 radical (unpaired) electrons. The van der Waals surface area contributed by atoms with Crippen LogP contribution in [0.2, 0.25) is 0 Å². The molecule has 1 aromatic heterocycles. The van der Waals surface area contributed by atoms with E-state index in [4.69, 9.17) is 4.52 Å². The number of aromatic nitrogens is 1. The van der Waals surface area contributed by atoms with Gasteiger partial charge in [0, 0.05) is 25.1 Å². The van der Waals surface area contributed by atoms with E-state index in [1.807, 2.05) is 0 Å². The number of piperidine rings is 1. The van der Waals surface area contributed by atoms with Crippen LogP contribution in [0.15, 0.2) is 28.8 Å². The third-order valence-corrected chi connectivity index (χ3v) is 4.41. The van der Waals surface area contributed by atoms with Gasteiger partial charge < -0.3 is 9.42 Å². The Morgan fingerprint density at radius 1 is 1.19 bits per heavy atom. The summed E-state index contributed by atoms with van der Waals surface area (Å²) in [7, 11) is 0. The molecule has 0 aliphatic carbocycles. The zero-order chi connectivity index (χ0) is 19.6. The van der Waals surface area contributed by atoms with E-state index in [1.165, 1.54) is 11.0 Å². The number of amides is 2. The summed E-state index contributed by atoms with van der Waals surface area (Å²) in [6.07, 6.45) is 0.522. The third-order valence-electron chi connectivity index (χ3n) is 4.41. The van der Waals surface area contributed by atoms with Gasteiger partial charge in [0.2, 0.25) is 0 Å². The smallest absolute Gasteiger partial charge is 0.315 e.